The molecule has 1 amide bonds. The van der Waals surface area contributed by atoms with Crippen LogP contribution in [0.5, 0.6) is 11.5 Å². The molecule has 0 spiro atoms. The molecule has 6 heteroatoms. The monoisotopic (exact) mass is 276 g/mol. The van der Waals surface area contributed by atoms with E-state index >= 15 is 0 Å². The van der Waals surface area contributed by atoms with Gasteiger partial charge in [-0.05, 0) is 30.2 Å². The van der Waals surface area contributed by atoms with Gasteiger partial charge in [0.1, 0.15) is 17.8 Å². The maximum atomic E-state index is 11.7. The number of carbonyl (C=O) groups is 1. The highest BCUT2D eigenvalue weighted by Crippen LogP contribution is 2.24. The van der Waals surface area contributed by atoms with Gasteiger partial charge in [0.2, 0.25) is 0 Å². The van der Waals surface area contributed by atoms with Gasteiger partial charge in [-0.3, -0.25) is 4.79 Å². The van der Waals surface area contributed by atoms with E-state index in [0.29, 0.717) is 13.0 Å². The number of methoxy groups -OCH3 is 2. The second-order valence-corrected chi connectivity index (χ2v) is 4.06. The van der Waals surface area contributed by atoms with Gasteiger partial charge in [-0.15, -0.1) is 0 Å². The molecule has 20 heavy (non-hydrogen) atoms. The number of hydrogen-bond acceptors (Lipinski definition) is 5. The Morgan fingerprint density at radius 3 is 2.85 bits per heavy atom. The van der Waals surface area contributed by atoms with Crippen molar-refractivity contribution in [3.63, 3.8) is 0 Å². The van der Waals surface area contributed by atoms with Crippen LogP contribution in [0.15, 0.2) is 35.3 Å². The number of aromatic nitrogens is 1. The number of benzene rings is 1. The van der Waals surface area contributed by atoms with Crippen LogP contribution in [0.25, 0.3) is 0 Å². The third-order valence-corrected chi connectivity index (χ3v) is 2.83. The lowest BCUT2D eigenvalue weighted by Gasteiger charge is -2.10. The topological polar surface area (TPSA) is 73.6 Å². The Morgan fingerprint density at radius 1 is 1.35 bits per heavy atom. The highest BCUT2D eigenvalue weighted by atomic mass is 16.5. The molecule has 0 atom stereocenters. The number of rotatable bonds is 6. The molecule has 2 rings (SSSR count). The molecule has 0 unspecified atom stereocenters. The number of carbonyl (C=O) groups excluding carboxylic acids is 1. The van der Waals surface area contributed by atoms with E-state index in [1.54, 1.807) is 14.2 Å². The molecule has 1 heterocycles. The van der Waals surface area contributed by atoms with Crippen molar-refractivity contribution in [3.05, 3.63) is 42.1 Å². The first-order valence-electron chi connectivity index (χ1n) is 6.12. The molecule has 1 aromatic carbocycles. The number of hydrogen-bond donors (Lipinski definition) is 1. The smallest absolute Gasteiger partial charge is 0.273 e. The highest BCUT2D eigenvalue weighted by molar-refractivity contribution is 5.91. The van der Waals surface area contributed by atoms with Gasteiger partial charge in [0.05, 0.1) is 14.2 Å². The van der Waals surface area contributed by atoms with Crippen molar-refractivity contribution < 1.29 is 18.7 Å². The van der Waals surface area contributed by atoms with Crippen molar-refractivity contribution in [1.29, 1.82) is 0 Å². The second-order valence-electron chi connectivity index (χ2n) is 4.06. The van der Waals surface area contributed by atoms with Crippen LogP contribution in [-0.4, -0.2) is 31.7 Å². The lowest BCUT2D eigenvalue weighted by Crippen LogP contribution is -2.26. The summed E-state index contributed by atoms with van der Waals surface area (Å²) in [6.07, 6.45) is 3.16. The molecule has 2 aromatic rings. The number of ether oxygens (including phenoxy) is 2. The zero-order valence-corrected chi connectivity index (χ0v) is 11.4. The minimum atomic E-state index is -0.263. The third-order valence-electron chi connectivity index (χ3n) is 2.83. The van der Waals surface area contributed by atoms with E-state index in [9.17, 15) is 4.79 Å². The predicted octanol–water partition coefficient (Wildman–Crippen LogP) is 1.66. The van der Waals surface area contributed by atoms with Crippen molar-refractivity contribution >= 4 is 5.91 Å². The van der Waals surface area contributed by atoms with Crippen LogP contribution in [0, 0.1) is 0 Å². The first kappa shape index (κ1) is 13.9. The van der Waals surface area contributed by atoms with Crippen molar-refractivity contribution in [1.82, 2.24) is 10.3 Å². The summed E-state index contributed by atoms with van der Waals surface area (Å²) in [5.41, 5.74) is 1.23. The first-order valence-corrected chi connectivity index (χ1v) is 6.12. The number of oxazole rings is 1. The fourth-order valence-electron chi connectivity index (χ4n) is 1.80. The molecule has 0 aliphatic rings. The van der Waals surface area contributed by atoms with Crippen LogP contribution in [-0.2, 0) is 6.42 Å². The van der Waals surface area contributed by atoms with Crippen LogP contribution < -0.4 is 14.8 Å². The molecule has 0 saturated carbocycles. The molecule has 1 aromatic heterocycles. The predicted molar refractivity (Wildman–Crippen MR) is 72.1 cm³/mol. The molecule has 0 aliphatic carbocycles. The van der Waals surface area contributed by atoms with Crippen LogP contribution in [0.4, 0.5) is 0 Å². The van der Waals surface area contributed by atoms with E-state index in [-0.39, 0.29) is 11.6 Å². The summed E-state index contributed by atoms with van der Waals surface area (Å²) in [7, 11) is 3.22. The van der Waals surface area contributed by atoms with Crippen molar-refractivity contribution in [2.24, 2.45) is 0 Å². The van der Waals surface area contributed by atoms with Gasteiger partial charge in [-0.1, -0.05) is 0 Å². The van der Waals surface area contributed by atoms with Crippen molar-refractivity contribution in [2.75, 3.05) is 20.8 Å². The van der Waals surface area contributed by atoms with E-state index < -0.39 is 0 Å². The van der Waals surface area contributed by atoms with Crippen LogP contribution in [0.1, 0.15) is 16.1 Å². The Balaban J connectivity index is 1.95. The molecule has 0 aliphatic heterocycles. The van der Waals surface area contributed by atoms with Gasteiger partial charge in [-0.2, -0.15) is 0 Å². The van der Waals surface area contributed by atoms with E-state index in [4.69, 9.17) is 13.9 Å². The summed E-state index contributed by atoms with van der Waals surface area (Å²) in [4.78, 5) is 15.5. The summed E-state index contributed by atoms with van der Waals surface area (Å²) in [5.74, 6) is 1.26. The summed E-state index contributed by atoms with van der Waals surface area (Å²) < 4.78 is 15.2. The van der Waals surface area contributed by atoms with E-state index in [2.05, 4.69) is 10.3 Å². The molecule has 6 nitrogen and oxygen atoms in total. The van der Waals surface area contributed by atoms with E-state index in [0.717, 1.165) is 17.1 Å². The third kappa shape index (κ3) is 3.28. The largest absolute Gasteiger partial charge is 0.497 e. The quantitative estimate of drug-likeness (QED) is 0.868. The Morgan fingerprint density at radius 2 is 2.20 bits per heavy atom. The summed E-state index contributed by atoms with van der Waals surface area (Å²) in [6.45, 7) is 0.467. The molecule has 0 saturated heterocycles. The Labute approximate surface area is 116 Å². The minimum absolute atomic E-state index is 0.263. The molecule has 1 N–H and O–H groups in total. The van der Waals surface area contributed by atoms with Gasteiger partial charge in [-0.25, -0.2) is 4.98 Å². The SMILES string of the molecule is COc1ccc(OC)c(CCNC(=O)c2cocn2)c1. The average Bonchev–Trinajstić information content (AvgIpc) is 3.01. The van der Waals surface area contributed by atoms with Crippen LogP contribution in [0.3, 0.4) is 0 Å². The maximum absolute atomic E-state index is 11.7. The van der Waals surface area contributed by atoms with Gasteiger partial charge in [0.15, 0.2) is 12.1 Å². The fraction of sp³-hybridized carbons (Fsp3) is 0.286. The molecule has 106 valence electrons. The summed E-state index contributed by atoms with van der Waals surface area (Å²) in [6, 6.07) is 5.56. The van der Waals surface area contributed by atoms with Crippen molar-refractivity contribution in [2.45, 2.75) is 6.42 Å². The standard InChI is InChI=1S/C14H16N2O4/c1-18-11-3-4-13(19-2)10(7-11)5-6-15-14(17)12-8-20-9-16-12/h3-4,7-9H,5-6H2,1-2H3,(H,15,17). The van der Waals surface area contributed by atoms with Crippen LogP contribution >= 0.6 is 0 Å². The summed E-state index contributed by atoms with van der Waals surface area (Å²) in [5, 5.41) is 2.76. The van der Waals surface area contributed by atoms with Gasteiger partial charge in [0.25, 0.3) is 5.91 Å². The fourth-order valence-corrected chi connectivity index (χ4v) is 1.80. The molecular weight excluding hydrogens is 260 g/mol. The number of nitrogens with one attached hydrogen (secondary N) is 1. The van der Waals surface area contributed by atoms with E-state index in [1.165, 1.54) is 12.7 Å². The molecule has 0 fully saturated rings. The van der Waals surface area contributed by atoms with Gasteiger partial charge >= 0.3 is 0 Å². The summed E-state index contributed by atoms with van der Waals surface area (Å²) >= 11 is 0. The van der Waals surface area contributed by atoms with Gasteiger partial charge in [0, 0.05) is 6.54 Å². The molecule has 0 radical (unpaired) electrons. The lowest BCUT2D eigenvalue weighted by atomic mass is 10.1. The average molecular weight is 276 g/mol. The van der Waals surface area contributed by atoms with Crippen LogP contribution in [0.2, 0.25) is 0 Å². The molecular formula is C14H16N2O4. The Bertz CT molecular complexity index is 567. The van der Waals surface area contributed by atoms with Crippen molar-refractivity contribution in [3.8, 4) is 11.5 Å². The minimum Gasteiger partial charge on any atom is -0.497 e. The highest BCUT2D eigenvalue weighted by Gasteiger charge is 2.09. The number of nitrogens with zero attached hydrogens (tertiary/aromatic N) is 1. The number of amides is 1. The Kier molecular flexibility index (Phi) is 4.60. The second kappa shape index (κ2) is 6.60. The Hall–Kier alpha value is -2.50. The zero-order chi connectivity index (χ0) is 14.4. The van der Waals surface area contributed by atoms with E-state index in [1.807, 2.05) is 18.2 Å². The maximum Gasteiger partial charge on any atom is 0.273 e. The first-order chi connectivity index (χ1) is 9.74. The lowest BCUT2D eigenvalue weighted by molar-refractivity contribution is 0.0949. The van der Waals surface area contributed by atoms with Gasteiger partial charge < -0.3 is 19.2 Å². The zero-order valence-electron chi connectivity index (χ0n) is 11.4. The molecule has 0 bridgehead atoms. The normalized spacial score (nSPS) is 10.1.